The van der Waals surface area contributed by atoms with Crippen LogP contribution in [0.3, 0.4) is 0 Å². The lowest BCUT2D eigenvalue weighted by Gasteiger charge is -2.31. The fraction of sp³-hybridized carbons (Fsp3) is 0.250. The zero-order chi connectivity index (χ0) is 20.3. The normalized spacial score (nSPS) is 15.5. The van der Waals surface area contributed by atoms with E-state index in [0.29, 0.717) is 10.9 Å². The van der Waals surface area contributed by atoms with Gasteiger partial charge in [0.25, 0.3) is 0 Å². The maximum absolute atomic E-state index is 6.23. The molecule has 0 atom stereocenters. The Morgan fingerprint density at radius 3 is 2.60 bits per heavy atom. The zero-order valence-corrected chi connectivity index (χ0v) is 17.4. The van der Waals surface area contributed by atoms with E-state index in [4.69, 9.17) is 21.4 Å². The molecule has 4 aromatic rings. The fourth-order valence-corrected chi connectivity index (χ4v) is 4.15. The SMILES string of the molecule is Clc1cccc(-c2cnc3ccc(OC4CCN(Cc5ccccc5)CC4)nn23)c1. The Bertz CT molecular complexity index is 1140. The van der Waals surface area contributed by atoms with Gasteiger partial charge in [0, 0.05) is 36.3 Å². The molecule has 0 radical (unpaired) electrons. The molecular weight excluding hydrogens is 396 g/mol. The first-order chi connectivity index (χ1) is 14.7. The molecule has 3 heterocycles. The molecular formula is C24H23ClN4O. The van der Waals surface area contributed by atoms with E-state index in [1.807, 2.05) is 47.1 Å². The van der Waals surface area contributed by atoms with Crippen LogP contribution in [0.1, 0.15) is 18.4 Å². The van der Waals surface area contributed by atoms with Gasteiger partial charge in [-0.05, 0) is 36.6 Å². The van der Waals surface area contributed by atoms with E-state index < -0.39 is 0 Å². The Hall–Kier alpha value is -2.89. The molecule has 0 aliphatic carbocycles. The summed E-state index contributed by atoms with van der Waals surface area (Å²) < 4.78 is 8.06. The highest BCUT2D eigenvalue weighted by atomic mass is 35.5. The van der Waals surface area contributed by atoms with Gasteiger partial charge >= 0.3 is 0 Å². The van der Waals surface area contributed by atoms with Crippen LogP contribution in [0.2, 0.25) is 5.02 Å². The van der Waals surface area contributed by atoms with Crippen molar-refractivity contribution in [3.63, 3.8) is 0 Å². The lowest BCUT2D eigenvalue weighted by atomic mass is 10.1. The van der Waals surface area contributed by atoms with Crippen LogP contribution in [0, 0.1) is 0 Å². The average molecular weight is 419 g/mol. The largest absolute Gasteiger partial charge is 0.473 e. The Kier molecular flexibility index (Phi) is 5.39. The van der Waals surface area contributed by atoms with Crippen LogP contribution < -0.4 is 4.74 Å². The Morgan fingerprint density at radius 2 is 1.80 bits per heavy atom. The van der Waals surface area contributed by atoms with Crippen molar-refractivity contribution in [2.75, 3.05) is 13.1 Å². The van der Waals surface area contributed by atoms with E-state index in [1.54, 1.807) is 0 Å². The number of benzene rings is 2. The van der Waals surface area contributed by atoms with Crippen molar-refractivity contribution >= 4 is 17.2 Å². The van der Waals surface area contributed by atoms with E-state index in [0.717, 1.165) is 49.4 Å². The first-order valence-electron chi connectivity index (χ1n) is 10.3. The minimum Gasteiger partial charge on any atom is -0.473 e. The Balaban J connectivity index is 1.27. The summed E-state index contributed by atoms with van der Waals surface area (Å²) in [5.74, 6) is 0.630. The number of hydrogen-bond acceptors (Lipinski definition) is 4. The number of nitrogens with zero attached hydrogens (tertiary/aromatic N) is 4. The highest BCUT2D eigenvalue weighted by Crippen LogP contribution is 2.25. The molecule has 0 spiro atoms. The molecule has 6 heteroatoms. The van der Waals surface area contributed by atoms with Crippen LogP contribution in [0.25, 0.3) is 16.9 Å². The third-order valence-electron chi connectivity index (χ3n) is 5.53. The number of piperidine rings is 1. The molecule has 5 nitrogen and oxygen atoms in total. The highest BCUT2D eigenvalue weighted by Gasteiger charge is 2.21. The predicted octanol–water partition coefficient (Wildman–Crippen LogP) is 5.09. The van der Waals surface area contributed by atoms with Crippen LogP contribution in [-0.4, -0.2) is 38.7 Å². The molecule has 1 aliphatic heterocycles. The summed E-state index contributed by atoms with van der Waals surface area (Å²) >= 11 is 6.16. The molecule has 2 aromatic carbocycles. The van der Waals surface area contributed by atoms with Crippen molar-refractivity contribution in [1.29, 1.82) is 0 Å². The number of halogens is 1. The van der Waals surface area contributed by atoms with Gasteiger partial charge in [0.15, 0.2) is 5.65 Å². The van der Waals surface area contributed by atoms with Crippen LogP contribution in [0.15, 0.2) is 72.9 Å². The van der Waals surface area contributed by atoms with E-state index in [-0.39, 0.29) is 6.10 Å². The molecule has 152 valence electrons. The molecule has 0 unspecified atom stereocenters. The van der Waals surface area contributed by atoms with Gasteiger partial charge < -0.3 is 4.74 Å². The summed E-state index contributed by atoms with van der Waals surface area (Å²) in [6.45, 7) is 3.05. The number of aromatic nitrogens is 3. The molecule has 0 N–H and O–H groups in total. The Morgan fingerprint density at radius 1 is 0.967 bits per heavy atom. The van der Waals surface area contributed by atoms with Gasteiger partial charge in [0.05, 0.1) is 11.9 Å². The van der Waals surface area contributed by atoms with E-state index >= 15 is 0 Å². The minimum atomic E-state index is 0.181. The van der Waals surface area contributed by atoms with Crippen LogP contribution >= 0.6 is 11.6 Å². The quantitative estimate of drug-likeness (QED) is 0.452. The van der Waals surface area contributed by atoms with Crippen molar-refractivity contribution in [2.24, 2.45) is 0 Å². The number of likely N-dealkylation sites (tertiary alicyclic amines) is 1. The number of fused-ring (bicyclic) bond motifs is 1. The molecule has 1 fully saturated rings. The smallest absolute Gasteiger partial charge is 0.232 e. The van der Waals surface area contributed by atoms with Gasteiger partial charge in [-0.1, -0.05) is 54.1 Å². The zero-order valence-electron chi connectivity index (χ0n) is 16.6. The van der Waals surface area contributed by atoms with Crippen molar-refractivity contribution in [3.05, 3.63) is 83.5 Å². The lowest BCUT2D eigenvalue weighted by Crippen LogP contribution is -2.37. The molecule has 0 bridgehead atoms. The van der Waals surface area contributed by atoms with Crippen molar-refractivity contribution in [3.8, 4) is 17.1 Å². The summed E-state index contributed by atoms with van der Waals surface area (Å²) in [7, 11) is 0. The fourth-order valence-electron chi connectivity index (χ4n) is 3.96. The molecule has 30 heavy (non-hydrogen) atoms. The summed E-state index contributed by atoms with van der Waals surface area (Å²) in [4.78, 5) is 6.94. The minimum absolute atomic E-state index is 0.181. The summed E-state index contributed by atoms with van der Waals surface area (Å²) in [5.41, 5.74) is 4.03. The van der Waals surface area contributed by atoms with Gasteiger partial charge in [-0.15, -0.1) is 5.10 Å². The molecule has 1 aliphatic rings. The molecule has 0 amide bonds. The van der Waals surface area contributed by atoms with Crippen LogP contribution in [-0.2, 0) is 6.54 Å². The Labute approximate surface area is 180 Å². The monoisotopic (exact) mass is 418 g/mol. The molecule has 0 saturated carbocycles. The molecule has 1 saturated heterocycles. The second kappa shape index (κ2) is 8.46. The van der Waals surface area contributed by atoms with Crippen LogP contribution in [0.4, 0.5) is 0 Å². The number of imidazole rings is 1. The third-order valence-corrected chi connectivity index (χ3v) is 5.76. The second-order valence-electron chi connectivity index (χ2n) is 7.67. The molecule has 2 aromatic heterocycles. The number of rotatable bonds is 5. The number of hydrogen-bond donors (Lipinski definition) is 0. The summed E-state index contributed by atoms with van der Waals surface area (Å²) in [6, 6.07) is 22.2. The van der Waals surface area contributed by atoms with Crippen molar-refractivity contribution < 1.29 is 4.74 Å². The lowest BCUT2D eigenvalue weighted by molar-refractivity contribution is 0.0922. The van der Waals surface area contributed by atoms with Gasteiger partial charge in [-0.3, -0.25) is 4.90 Å². The number of ether oxygens (including phenoxy) is 1. The second-order valence-corrected chi connectivity index (χ2v) is 8.11. The maximum atomic E-state index is 6.23. The topological polar surface area (TPSA) is 42.7 Å². The van der Waals surface area contributed by atoms with Gasteiger partial charge in [0.1, 0.15) is 6.10 Å². The highest BCUT2D eigenvalue weighted by molar-refractivity contribution is 6.30. The van der Waals surface area contributed by atoms with Gasteiger partial charge in [-0.25, -0.2) is 9.50 Å². The van der Waals surface area contributed by atoms with E-state index in [1.165, 1.54) is 5.56 Å². The van der Waals surface area contributed by atoms with E-state index in [9.17, 15) is 0 Å². The first kappa shape index (κ1) is 19.1. The average Bonchev–Trinajstić information content (AvgIpc) is 3.19. The third kappa shape index (κ3) is 4.18. The summed E-state index contributed by atoms with van der Waals surface area (Å²) in [6.07, 6.45) is 4.00. The van der Waals surface area contributed by atoms with Crippen LogP contribution in [0.5, 0.6) is 5.88 Å². The summed E-state index contributed by atoms with van der Waals surface area (Å²) in [5, 5.41) is 5.39. The first-order valence-corrected chi connectivity index (χ1v) is 10.7. The van der Waals surface area contributed by atoms with Gasteiger partial charge in [0.2, 0.25) is 5.88 Å². The predicted molar refractivity (Wildman–Crippen MR) is 119 cm³/mol. The maximum Gasteiger partial charge on any atom is 0.232 e. The molecule has 5 rings (SSSR count). The van der Waals surface area contributed by atoms with Gasteiger partial charge in [-0.2, -0.15) is 0 Å². The van der Waals surface area contributed by atoms with E-state index in [2.05, 4.69) is 40.2 Å². The van der Waals surface area contributed by atoms with Crippen molar-refractivity contribution in [1.82, 2.24) is 19.5 Å². The standard InChI is InChI=1S/C24H23ClN4O/c25-20-8-4-7-19(15-20)22-16-26-23-9-10-24(27-29(22)23)30-21-11-13-28(14-12-21)17-18-5-2-1-3-6-18/h1-10,15-16,21H,11-14,17H2. The van der Waals surface area contributed by atoms with Crippen molar-refractivity contribution in [2.45, 2.75) is 25.5 Å².